The standard InChI is InChI=1S/C15H12ClFN2O/c16-13-6-4-11(5-7-13)9-15(20)19-18-10-12-2-1-3-14(17)8-12/h1-8,10H,9H2,(H,19,20)/b18-10+. The molecule has 0 atom stereocenters. The van der Waals surface area contributed by atoms with Crippen molar-refractivity contribution in [3.05, 3.63) is 70.5 Å². The van der Waals surface area contributed by atoms with Crippen molar-refractivity contribution in [2.24, 2.45) is 5.10 Å². The van der Waals surface area contributed by atoms with Gasteiger partial charge in [-0.1, -0.05) is 35.9 Å². The van der Waals surface area contributed by atoms with Gasteiger partial charge in [0.2, 0.25) is 5.91 Å². The van der Waals surface area contributed by atoms with Crippen molar-refractivity contribution in [3.63, 3.8) is 0 Å². The van der Waals surface area contributed by atoms with Crippen LogP contribution in [0.2, 0.25) is 5.02 Å². The molecule has 0 aliphatic carbocycles. The minimum atomic E-state index is -0.346. The number of nitrogens with zero attached hydrogens (tertiary/aromatic N) is 1. The van der Waals surface area contributed by atoms with Crippen LogP contribution in [-0.4, -0.2) is 12.1 Å². The van der Waals surface area contributed by atoms with E-state index in [0.29, 0.717) is 10.6 Å². The van der Waals surface area contributed by atoms with Crippen LogP contribution in [0.4, 0.5) is 4.39 Å². The summed E-state index contributed by atoms with van der Waals surface area (Å²) in [5, 5.41) is 4.40. The Bertz CT molecular complexity index is 626. The highest BCUT2D eigenvalue weighted by atomic mass is 35.5. The Morgan fingerprint density at radius 3 is 2.70 bits per heavy atom. The number of carbonyl (C=O) groups excluding carboxylic acids is 1. The van der Waals surface area contributed by atoms with Crippen molar-refractivity contribution in [1.82, 2.24) is 5.43 Å². The summed E-state index contributed by atoms with van der Waals surface area (Å²) in [6.07, 6.45) is 1.60. The normalized spacial score (nSPS) is 10.7. The summed E-state index contributed by atoms with van der Waals surface area (Å²) in [6, 6.07) is 12.9. The van der Waals surface area contributed by atoms with Gasteiger partial charge >= 0.3 is 0 Å². The molecule has 0 aliphatic rings. The quantitative estimate of drug-likeness (QED) is 0.682. The van der Waals surface area contributed by atoms with E-state index in [2.05, 4.69) is 10.5 Å². The van der Waals surface area contributed by atoms with E-state index in [1.165, 1.54) is 18.3 Å². The van der Waals surface area contributed by atoms with Crippen molar-refractivity contribution < 1.29 is 9.18 Å². The summed E-state index contributed by atoms with van der Waals surface area (Å²) in [4.78, 5) is 11.6. The Balaban J connectivity index is 1.87. The molecule has 102 valence electrons. The second kappa shape index (κ2) is 6.82. The fourth-order valence-electron chi connectivity index (χ4n) is 1.59. The number of halogens is 2. The third-order valence-electron chi connectivity index (χ3n) is 2.53. The van der Waals surface area contributed by atoms with E-state index in [0.717, 1.165) is 5.56 Å². The fourth-order valence-corrected chi connectivity index (χ4v) is 1.72. The zero-order valence-electron chi connectivity index (χ0n) is 10.5. The summed E-state index contributed by atoms with van der Waals surface area (Å²) in [6.45, 7) is 0. The molecule has 0 heterocycles. The van der Waals surface area contributed by atoms with Gasteiger partial charge in [0.15, 0.2) is 0 Å². The van der Waals surface area contributed by atoms with Crippen LogP contribution in [-0.2, 0) is 11.2 Å². The van der Waals surface area contributed by atoms with E-state index in [1.54, 1.807) is 36.4 Å². The van der Waals surface area contributed by atoms with Gasteiger partial charge in [0.25, 0.3) is 0 Å². The second-order valence-electron chi connectivity index (χ2n) is 4.15. The van der Waals surface area contributed by atoms with Gasteiger partial charge in [-0.05, 0) is 35.4 Å². The number of hydrogen-bond donors (Lipinski definition) is 1. The van der Waals surface area contributed by atoms with Gasteiger partial charge in [-0.3, -0.25) is 4.79 Å². The lowest BCUT2D eigenvalue weighted by molar-refractivity contribution is -0.120. The lowest BCUT2D eigenvalue weighted by atomic mass is 10.1. The first-order valence-electron chi connectivity index (χ1n) is 5.95. The summed E-state index contributed by atoms with van der Waals surface area (Å²) >= 11 is 5.76. The lowest BCUT2D eigenvalue weighted by Gasteiger charge is -2.00. The van der Waals surface area contributed by atoms with Gasteiger partial charge in [-0.2, -0.15) is 5.10 Å². The lowest BCUT2D eigenvalue weighted by Crippen LogP contribution is -2.19. The van der Waals surface area contributed by atoms with Gasteiger partial charge in [0.05, 0.1) is 12.6 Å². The first-order valence-corrected chi connectivity index (χ1v) is 6.33. The van der Waals surface area contributed by atoms with Crippen LogP contribution in [0.3, 0.4) is 0 Å². The summed E-state index contributed by atoms with van der Waals surface area (Å²) in [5.74, 6) is -0.596. The molecule has 2 aromatic carbocycles. The number of benzene rings is 2. The Hall–Kier alpha value is -2.20. The molecule has 2 aromatic rings. The zero-order chi connectivity index (χ0) is 14.4. The van der Waals surface area contributed by atoms with Gasteiger partial charge in [-0.15, -0.1) is 0 Å². The van der Waals surface area contributed by atoms with Crippen LogP contribution in [0, 0.1) is 5.82 Å². The number of hydrazone groups is 1. The molecule has 5 heteroatoms. The number of rotatable bonds is 4. The first-order chi connectivity index (χ1) is 9.63. The molecular formula is C15H12ClFN2O. The minimum absolute atomic E-state index is 0.206. The predicted octanol–water partition coefficient (Wildman–Crippen LogP) is 3.17. The fraction of sp³-hybridized carbons (Fsp3) is 0.0667. The van der Waals surface area contributed by atoms with Crippen LogP contribution in [0.15, 0.2) is 53.6 Å². The van der Waals surface area contributed by atoms with Crippen molar-refractivity contribution in [3.8, 4) is 0 Å². The molecule has 3 nitrogen and oxygen atoms in total. The maximum atomic E-state index is 12.9. The molecule has 0 spiro atoms. The van der Waals surface area contributed by atoms with E-state index in [9.17, 15) is 9.18 Å². The number of carbonyl (C=O) groups is 1. The molecular weight excluding hydrogens is 279 g/mol. The Labute approximate surface area is 121 Å². The van der Waals surface area contributed by atoms with Crippen molar-refractivity contribution in [2.45, 2.75) is 6.42 Å². The van der Waals surface area contributed by atoms with E-state index < -0.39 is 0 Å². The average molecular weight is 291 g/mol. The summed E-state index contributed by atoms with van der Waals surface area (Å²) in [7, 11) is 0. The molecule has 0 saturated carbocycles. The monoisotopic (exact) mass is 290 g/mol. The highest BCUT2D eigenvalue weighted by Gasteiger charge is 2.01. The molecule has 20 heavy (non-hydrogen) atoms. The molecule has 0 radical (unpaired) electrons. The minimum Gasteiger partial charge on any atom is -0.273 e. The van der Waals surface area contributed by atoms with Crippen molar-refractivity contribution >= 4 is 23.7 Å². The maximum Gasteiger partial charge on any atom is 0.244 e. The molecule has 1 N–H and O–H groups in total. The molecule has 2 rings (SSSR count). The molecule has 0 aromatic heterocycles. The van der Waals surface area contributed by atoms with E-state index >= 15 is 0 Å². The largest absolute Gasteiger partial charge is 0.273 e. The smallest absolute Gasteiger partial charge is 0.244 e. The topological polar surface area (TPSA) is 41.5 Å². The van der Waals surface area contributed by atoms with Crippen LogP contribution in [0.25, 0.3) is 0 Å². The number of amides is 1. The second-order valence-corrected chi connectivity index (χ2v) is 4.59. The van der Waals surface area contributed by atoms with E-state index in [4.69, 9.17) is 11.6 Å². The average Bonchev–Trinajstić information content (AvgIpc) is 2.41. The van der Waals surface area contributed by atoms with Crippen molar-refractivity contribution in [2.75, 3.05) is 0 Å². The molecule has 0 saturated heterocycles. The Morgan fingerprint density at radius 1 is 1.25 bits per heavy atom. The highest BCUT2D eigenvalue weighted by molar-refractivity contribution is 6.30. The highest BCUT2D eigenvalue weighted by Crippen LogP contribution is 2.09. The SMILES string of the molecule is O=C(Cc1ccc(Cl)cc1)N/N=C/c1cccc(F)c1. The summed E-state index contributed by atoms with van der Waals surface area (Å²) < 4.78 is 12.9. The van der Waals surface area contributed by atoms with Crippen LogP contribution in [0.1, 0.15) is 11.1 Å². The van der Waals surface area contributed by atoms with Gasteiger partial charge in [0, 0.05) is 5.02 Å². The third-order valence-corrected chi connectivity index (χ3v) is 2.78. The zero-order valence-corrected chi connectivity index (χ0v) is 11.3. The molecule has 0 bridgehead atoms. The van der Waals surface area contributed by atoms with Crippen LogP contribution < -0.4 is 5.43 Å². The number of hydrogen-bond acceptors (Lipinski definition) is 2. The van der Waals surface area contributed by atoms with E-state index in [1.807, 2.05) is 0 Å². The van der Waals surface area contributed by atoms with Crippen molar-refractivity contribution in [1.29, 1.82) is 0 Å². The molecule has 0 unspecified atom stereocenters. The van der Waals surface area contributed by atoms with Gasteiger partial charge in [-0.25, -0.2) is 9.82 Å². The van der Waals surface area contributed by atoms with Gasteiger partial charge < -0.3 is 0 Å². The van der Waals surface area contributed by atoms with E-state index in [-0.39, 0.29) is 18.1 Å². The molecule has 0 aliphatic heterocycles. The molecule has 0 fully saturated rings. The number of nitrogens with one attached hydrogen (secondary N) is 1. The predicted molar refractivity (Wildman–Crippen MR) is 77.3 cm³/mol. The van der Waals surface area contributed by atoms with Gasteiger partial charge in [0.1, 0.15) is 5.82 Å². The Morgan fingerprint density at radius 2 is 2.00 bits per heavy atom. The Kier molecular flexibility index (Phi) is 4.85. The van der Waals surface area contributed by atoms with Crippen LogP contribution in [0.5, 0.6) is 0 Å². The first kappa shape index (κ1) is 14.2. The maximum absolute atomic E-state index is 12.9. The molecule has 1 amide bonds. The third kappa shape index (κ3) is 4.48. The van der Waals surface area contributed by atoms with Crippen LogP contribution >= 0.6 is 11.6 Å². The summed E-state index contributed by atoms with van der Waals surface area (Å²) in [5.41, 5.74) is 3.81.